The molecule has 6 heteroatoms. The van der Waals surface area contributed by atoms with Gasteiger partial charge in [-0.15, -0.1) is 0 Å². The number of carbonyl (C=O) groups is 2. The van der Waals surface area contributed by atoms with Gasteiger partial charge >= 0.3 is 0 Å². The smallest absolute Gasteiger partial charge is 0.222 e. The molecule has 2 amide bonds. The Morgan fingerprint density at radius 3 is 2.34 bits per heavy atom. The summed E-state index contributed by atoms with van der Waals surface area (Å²) in [7, 11) is 0. The van der Waals surface area contributed by atoms with Gasteiger partial charge in [-0.2, -0.15) is 0 Å². The van der Waals surface area contributed by atoms with Crippen molar-refractivity contribution in [1.29, 1.82) is 0 Å². The Morgan fingerprint density at radius 1 is 1.07 bits per heavy atom. The Kier molecular flexibility index (Phi) is 7.45. The average molecular weight is 459 g/mol. The fraction of sp³-hybridized carbons (Fsp3) is 0.391. The maximum atomic E-state index is 12.8. The van der Waals surface area contributed by atoms with Gasteiger partial charge in [0.1, 0.15) is 0 Å². The summed E-state index contributed by atoms with van der Waals surface area (Å²) in [5.74, 6) is -0.232. The Hall–Kier alpha value is -2.18. The maximum Gasteiger partial charge on any atom is 0.222 e. The Balaban J connectivity index is 1.68. The standard InChI is InChI=1S/C23H27BrN2O3/c1-17(27)26-21(18-7-9-20(24)10-8-18)15-22(28)25-16-23(11-13-29-14-12-23)19-5-3-2-4-6-19/h2-10,21H,11-16H2,1H3,(H,25,28)(H,26,27). The molecule has 0 spiro atoms. The molecule has 1 aliphatic heterocycles. The third-order valence-corrected chi connectivity index (χ3v) is 6.03. The van der Waals surface area contributed by atoms with E-state index in [2.05, 4.69) is 38.7 Å². The van der Waals surface area contributed by atoms with Crippen LogP contribution in [0.25, 0.3) is 0 Å². The van der Waals surface area contributed by atoms with Crippen LogP contribution in [0.2, 0.25) is 0 Å². The molecule has 1 saturated heterocycles. The second kappa shape index (κ2) is 10.0. The number of ether oxygens (including phenoxy) is 1. The number of rotatable bonds is 7. The summed E-state index contributed by atoms with van der Waals surface area (Å²) in [4.78, 5) is 24.4. The molecular formula is C23H27BrN2O3. The molecule has 2 aromatic carbocycles. The molecule has 1 atom stereocenters. The summed E-state index contributed by atoms with van der Waals surface area (Å²) < 4.78 is 6.52. The molecule has 0 aromatic heterocycles. The molecule has 1 aliphatic rings. The molecule has 0 saturated carbocycles. The van der Waals surface area contributed by atoms with Gasteiger partial charge in [0.2, 0.25) is 11.8 Å². The lowest BCUT2D eigenvalue weighted by atomic mass is 9.74. The third kappa shape index (κ3) is 5.90. The van der Waals surface area contributed by atoms with Crippen molar-refractivity contribution in [2.75, 3.05) is 19.8 Å². The van der Waals surface area contributed by atoms with E-state index in [1.54, 1.807) is 0 Å². The molecule has 0 aliphatic carbocycles. The monoisotopic (exact) mass is 458 g/mol. The van der Waals surface area contributed by atoms with Crippen molar-refractivity contribution in [1.82, 2.24) is 10.6 Å². The largest absolute Gasteiger partial charge is 0.381 e. The van der Waals surface area contributed by atoms with Crippen LogP contribution in [0.3, 0.4) is 0 Å². The SMILES string of the molecule is CC(=O)NC(CC(=O)NCC1(c2ccccc2)CCOCC1)c1ccc(Br)cc1. The number of halogens is 1. The van der Waals surface area contributed by atoms with Crippen molar-refractivity contribution in [3.63, 3.8) is 0 Å². The van der Waals surface area contributed by atoms with Gasteiger partial charge in [0.05, 0.1) is 12.5 Å². The molecular weight excluding hydrogens is 432 g/mol. The number of hydrogen-bond donors (Lipinski definition) is 2. The van der Waals surface area contributed by atoms with E-state index in [4.69, 9.17) is 4.74 Å². The van der Waals surface area contributed by atoms with E-state index in [9.17, 15) is 9.59 Å². The van der Waals surface area contributed by atoms with Gasteiger partial charge < -0.3 is 15.4 Å². The number of benzene rings is 2. The summed E-state index contributed by atoms with van der Waals surface area (Å²) in [6.07, 6.45) is 1.95. The van der Waals surface area contributed by atoms with Crippen molar-refractivity contribution in [3.8, 4) is 0 Å². The van der Waals surface area contributed by atoms with Crippen LogP contribution in [-0.2, 0) is 19.7 Å². The quantitative estimate of drug-likeness (QED) is 0.661. The molecule has 154 valence electrons. The van der Waals surface area contributed by atoms with E-state index in [0.717, 1.165) is 22.9 Å². The first-order valence-electron chi connectivity index (χ1n) is 9.91. The number of carbonyl (C=O) groups excluding carboxylic acids is 2. The Labute approximate surface area is 180 Å². The van der Waals surface area contributed by atoms with Crippen molar-refractivity contribution in [2.45, 2.75) is 37.6 Å². The van der Waals surface area contributed by atoms with Crippen molar-refractivity contribution in [3.05, 3.63) is 70.2 Å². The number of nitrogens with one attached hydrogen (secondary N) is 2. The van der Waals surface area contributed by atoms with Crippen LogP contribution >= 0.6 is 15.9 Å². The molecule has 1 unspecified atom stereocenters. The number of amides is 2. The van der Waals surface area contributed by atoms with Crippen molar-refractivity contribution in [2.24, 2.45) is 0 Å². The van der Waals surface area contributed by atoms with E-state index >= 15 is 0 Å². The molecule has 5 nitrogen and oxygen atoms in total. The minimum Gasteiger partial charge on any atom is -0.381 e. The number of hydrogen-bond acceptors (Lipinski definition) is 3. The lowest BCUT2D eigenvalue weighted by Crippen LogP contribution is -2.45. The van der Waals surface area contributed by atoms with Gasteiger partial charge in [0.25, 0.3) is 0 Å². The summed E-state index contributed by atoms with van der Waals surface area (Å²) in [6, 6.07) is 17.6. The summed E-state index contributed by atoms with van der Waals surface area (Å²) >= 11 is 3.42. The van der Waals surface area contributed by atoms with E-state index < -0.39 is 0 Å². The minimum absolute atomic E-state index is 0.0755. The van der Waals surface area contributed by atoms with Crippen LogP contribution in [0.4, 0.5) is 0 Å². The van der Waals surface area contributed by atoms with Crippen LogP contribution in [0.1, 0.15) is 43.4 Å². The average Bonchev–Trinajstić information content (AvgIpc) is 2.73. The molecule has 0 radical (unpaired) electrons. The van der Waals surface area contributed by atoms with Crippen LogP contribution < -0.4 is 10.6 Å². The van der Waals surface area contributed by atoms with E-state index in [-0.39, 0.29) is 29.7 Å². The summed E-state index contributed by atoms with van der Waals surface area (Å²) in [5, 5.41) is 6.01. The molecule has 2 N–H and O–H groups in total. The second-order valence-electron chi connectivity index (χ2n) is 7.54. The van der Waals surface area contributed by atoms with Crippen LogP contribution in [0.15, 0.2) is 59.1 Å². The first-order valence-corrected chi connectivity index (χ1v) is 10.7. The molecule has 0 bridgehead atoms. The zero-order valence-corrected chi connectivity index (χ0v) is 18.2. The van der Waals surface area contributed by atoms with E-state index in [1.165, 1.54) is 12.5 Å². The highest BCUT2D eigenvalue weighted by atomic mass is 79.9. The van der Waals surface area contributed by atoms with Gasteiger partial charge in [-0.3, -0.25) is 9.59 Å². The third-order valence-electron chi connectivity index (χ3n) is 5.50. The van der Waals surface area contributed by atoms with Crippen LogP contribution in [-0.4, -0.2) is 31.6 Å². The summed E-state index contributed by atoms with van der Waals surface area (Å²) in [6.45, 7) is 3.42. The first kappa shape index (κ1) is 21.5. The molecule has 1 fully saturated rings. The first-order chi connectivity index (χ1) is 14.0. The normalized spacial score (nSPS) is 16.6. The van der Waals surface area contributed by atoms with Gasteiger partial charge in [-0.05, 0) is 36.1 Å². The van der Waals surface area contributed by atoms with E-state index in [1.807, 2.05) is 42.5 Å². The van der Waals surface area contributed by atoms with E-state index in [0.29, 0.717) is 19.8 Å². The van der Waals surface area contributed by atoms with Gasteiger partial charge in [-0.25, -0.2) is 0 Å². The second-order valence-corrected chi connectivity index (χ2v) is 8.46. The molecule has 1 heterocycles. The van der Waals surface area contributed by atoms with Crippen LogP contribution in [0.5, 0.6) is 0 Å². The van der Waals surface area contributed by atoms with Crippen molar-refractivity contribution >= 4 is 27.7 Å². The van der Waals surface area contributed by atoms with Gasteiger partial charge in [-0.1, -0.05) is 58.4 Å². The zero-order valence-electron chi connectivity index (χ0n) is 16.6. The van der Waals surface area contributed by atoms with Gasteiger partial charge in [0, 0.05) is 36.6 Å². The summed E-state index contributed by atoms with van der Waals surface area (Å²) in [5.41, 5.74) is 2.02. The predicted molar refractivity (Wildman–Crippen MR) is 116 cm³/mol. The Bertz CT molecular complexity index is 818. The molecule has 29 heavy (non-hydrogen) atoms. The molecule has 3 rings (SSSR count). The van der Waals surface area contributed by atoms with Crippen molar-refractivity contribution < 1.29 is 14.3 Å². The topological polar surface area (TPSA) is 67.4 Å². The van der Waals surface area contributed by atoms with Crippen LogP contribution in [0, 0.1) is 0 Å². The Morgan fingerprint density at radius 2 is 1.72 bits per heavy atom. The fourth-order valence-electron chi connectivity index (χ4n) is 3.84. The lowest BCUT2D eigenvalue weighted by Gasteiger charge is -2.38. The highest BCUT2D eigenvalue weighted by molar-refractivity contribution is 9.10. The lowest BCUT2D eigenvalue weighted by molar-refractivity contribution is -0.123. The van der Waals surface area contributed by atoms with Gasteiger partial charge in [0.15, 0.2) is 0 Å². The maximum absolute atomic E-state index is 12.8. The predicted octanol–water partition coefficient (Wildman–Crippen LogP) is 3.88. The fourth-order valence-corrected chi connectivity index (χ4v) is 4.10. The highest BCUT2D eigenvalue weighted by Crippen LogP contribution is 2.34. The minimum atomic E-state index is -0.358. The molecule has 2 aromatic rings. The zero-order chi connectivity index (χ0) is 20.7. The highest BCUT2D eigenvalue weighted by Gasteiger charge is 2.34.